The predicted octanol–water partition coefficient (Wildman–Crippen LogP) is 3.03. The van der Waals surface area contributed by atoms with E-state index in [0.717, 1.165) is 27.8 Å². The highest BCUT2D eigenvalue weighted by molar-refractivity contribution is 6.31. The molecule has 1 aliphatic rings. The van der Waals surface area contributed by atoms with E-state index in [0.29, 0.717) is 42.5 Å². The standard InChI is InChI=1S/C20H19ClN6O2/c1-12-14-9-13(21)3-4-16(14)29-17(12)20(28)27-7-5-26(6-8-27)19-15-10-24-25(2)18(15)22-11-23-19/h3-4,9-11H,5-8H2,1-2H3. The molecule has 4 aromatic rings. The first-order valence-corrected chi connectivity index (χ1v) is 9.76. The highest BCUT2D eigenvalue weighted by Gasteiger charge is 2.28. The summed E-state index contributed by atoms with van der Waals surface area (Å²) in [6.07, 6.45) is 3.34. The van der Waals surface area contributed by atoms with Gasteiger partial charge in [-0.05, 0) is 25.1 Å². The predicted molar refractivity (Wildman–Crippen MR) is 110 cm³/mol. The van der Waals surface area contributed by atoms with Crippen LogP contribution in [0.15, 0.2) is 35.1 Å². The zero-order valence-electron chi connectivity index (χ0n) is 16.1. The minimum atomic E-state index is -0.0938. The Morgan fingerprint density at radius 1 is 1.14 bits per heavy atom. The molecule has 9 heteroatoms. The van der Waals surface area contributed by atoms with Crippen molar-refractivity contribution < 1.29 is 9.21 Å². The summed E-state index contributed by atoms with van der Waals surface area (Å²) in [7, 11) is 1.86. The molecule has 0 unspecified atom stereocenters. The number of piperazine rings is 1. The Morgan fingerprint density at radius 3 is 2.72 bits per heavy atom. The topological polar surface area (TPSA) is 80.3 Å². The van der Waals surface area contributed by atoms with Gasteiger partial charge in [0, 0.05) is 49.2 Å². The smallest absolute Gasteiger partial charge is 0.290 e. The van der Waals surface area contributed by atoms with E-state index in [4.69, 9.17) is 16.0 Å². The number of anilines is 1. The lowest BCUT2D eigenvalue weighted by Gasteiger charge is -2.35. The minimum Gasteiger partial charge on any atom is -0.451 e. The van der Waals surface area contributed by atoms with Crippen LogP contribution in [0.3, 0.4) is 0 Å². The molecule has 0 spiro atoms. The summed E-state index contributed by atoms with van der Waals surface area (Å²) in [6.45, 7) is 4.42. The lowest BCUT2D eigenvalue weighted by atomic mass is 10.1. The van der Waals surface area contributed by atoms with E-state index >= 15 is 0 Å². The molecule has 5 rings (SSSR count). The number of benzene rings is 1. The molecule has 148 valence electrons. The van der Waals surface area contributed by atoms with E-state index < -0.39 is 0 Å². The Labute approximate surface area is 171 Å². The number of fused-ring (bicyclic) bond motifs is 2. The molecule has 0 radical (unpaired) electrons. The van der Waals surface area contributed by atoms with Crippen molar-refractivity contribution in [2.24, 2.45) is 7.05 Å². The number of furan rings is 1. The molecule has 0 N–H and O–H groups in total. The van der Waals surface area contributed by atoms with Gasteiger partial charge in [-0.1, -0.05) is 11.6 Å². The summed E-state index contributed by atoms with van der Waals surface area (Å²) in [5, 5.41) is 6.69. The quantitative estimate of drug-likeness (QED) is 0.505. The number of rotatable bonds is 2. The van der Waals surface area contributed by atoms with Crippen molar-refractivity contribution in [2.45, 2.75) is 6.92 Å². The molecule has 1 saturated heterocycles. The summed E-state index contributed by atoms with van der Waals surface area (Å²) in [4.78, 5) is 25.8. The Balaban J connectivity index is 1.36. The molecule has 0 bridgehead atoms. The maximum Gasteiger partial charge on any atom is 0.290 e. The van der Waals surface area contributed by atoms with Crippen LogP contribution in [-0.4, -0.2) is 56.7 Å². The van der Waals surface area contributed by atoms with Crippen LogP contribution >= 0.6 is 11.6 Å². The summed E-state index contributed by atoms with van der Waals surface area (Å²) >= 11 is 6.09. The van der Waals surface area contributed by atoms with Crippen LogP contribution in [-0.2, 0) is 7.05 Å². The van der Waals surface area contributed by atoms with Crippen LogP contribution in [0.5, 0.6) is 0 Å². The Hall–Kier alpha value is -3.13. The van der Waals surface area contributed by atoms with Crippen LogP contribution in [0, 0.1) is 6.92 Å². The fourth-order valence-corrected chi connectivity index (χ4v) is 4.04. The Morgan fingerprint density at radius 2 is 1.93 bits per heavy atom. The third kappa shape index (κ3) is 2.91. The number of carbonyl (C=O) groups is 1. The molecule has 4 heterocycles. The SMILES string of the molecule is Cc1c(C(=O)N2CCN(c3ncnc4c3cnn4C)CC2)oc2ccc(Cl)cc12. The van der Waals surface area contributed by atoms with E-state index in [1.165, 1.54) is 0 Å². The van der Waals surface area contributed by atoms with E-state index in [1.807, 2.05) is 24.9 Å². The van der Waals surface area contributed by atoms with Gasteiger partial charge in [-0.2, -0.15) is 5.10 Å². The lowest BCUT2D eigenvalue weighted by molar-refractivity contribution is 0.0716. The molecule has 8 nitrogen and oxygen atoms in total. The largest absolute Gasteiger partial charge is 0.451 e. The third-order valence-corrected chi connectivity index (χ3v) is 5.70. The molecular formula is C20H19ClN6O2. The Bertz CT molecular complexity index is 1240. The van der Waals surface area contributed by atoms with Crippen molar-refractivity contribution in [3.63, 3.8) is 0 Å². The van der Waals surface area contributed by atoms with Crippen LogP contribution in [0.2, 0.25) is 5.02 Å². The monoisotopic (exact) mass is 410 g/mol. The van der Waals surface area contributed by atoms with Gasteiger partial charge in [0.25, 0.3) is 5.91 Å². The zero-order chi connectivity index (χ0) is 20.1. The lowest BCUT2D eigenvalue weighted by Crippen LogP contribution is -2.49. The highest BCUT2D eigenvalue weighted by Crippen LogP contribution is 2.29. The van der Waals surface area contributed by atoms with E-state index in [-0.39, 0.29) is 5.91 Å². The second kappa shape index (κ2) is 6.73. The normalized spacial score (nSPS) is 14.9. The summed E-state index contributed by atoms with van der Waals surface area (Å²) < 4.78 is 7.58. The van der Waals surface area contributed by atoms with Crippen molar-refractivity contribution in [3.05, 3.63) is 47.1 Å². The fourth-order valence-electron chi connectivity index (χ4n) is 3.86. The highest BCUT2D eigenvalue weighted by atomic mass is 35.5. The van der Waals surface area contributed by atoms with Crippen LogP contribution in [0.25, 0.3) is 22.0 Å². The number of hydrogen-bond acceptors (Lipinski definition) is 6. The zero-order valence-corrected chi connectivity index (χ0v) is 16.8. The number of carbonyl (C=O) groups excluding carboxylic acids is 1. The molecule has 0 saturated carbocycles. The van der Waals surface area contributed by atoms with E-state index in [1.54, 1.807) is 29.3 Å². The number of nitrogens with zero attached hydrogens (tertiary/aromatic N) is 6. The van der Waals surface area contributed by atoms with Crippen molar-refractivity contribution in [2.75, 3.05) is 31.1 Å². The Kier molecular flexibility index (Phi) is 4.16. The van der Waals surface area contributed by atoms with Crippen LogP contribution in [0.4, 0.5) is 5.82 Å². The molecule has 1 aromatic carbocycles. The first-order valence-electron chi connectivity index (χ1n) is 9.38. The summed E-state index contributed by atoms with van der Waals surface area (Å²) in [5.74, 6) is 1.14. The molecule has 1 fully saturated rings. The number of halogens is 1. The third-order valence-electron chi connectivity index (χ3n) is 5.47. The van der Waals surface area contributed by atoms with Crippen molar-refractivity contribution >= 4 is 45.3 Å². The van der Waals surface area contributed by atoms with Crippen LogP contribution in [0.1, 0.15) is 16.1 Å². The van der Waals surface area contributed by atoms with Crippen molar-refractivity contribution in [1.29, 1.82) is 0 Å². The maximum atomic E-state index is 13.1. The molecule has 29 heavy (non-hydrogen) atoms. The first-order chi connectivity index (χ1) is 14.0. The van der Waals surface area contributed by atoms with Gasteiger partial charge in [-0.3, -0.25) is 9.48 Å². The molecule has 3 aromatic heterocycles. The number of aryl methyl sites for hydroxylation is 2. The molecule has 0 aliphatic carbocycles. The first kappa shape index (κ1) is 17.9. The second-order valence-electron chi connectivity index (χ2n) is 7.18. The van der Waals surface area contributed by atoms with Gasteiger partial charge in [0.1, 0.15) is 17.7 Å². The van der Waals surface area contributed by atoms with Gasteiger partial charge in [-0.15, -0.1) is 0 Å². The molecular weight excluding hydrogens is 392 g/mol. The maximum absolute atomic E-state index is 13.1. The molecule has 0 atom stereocenters. The fraction of sp³-hybridized carbons (Fsp3) is 0.300. The van der Waals surface area contributed by atoms with E-state index in [9.17, 15) is 4.79 Å². The van der Waals surface area contributed by atoms with Crippen molar-refractivity contribution in [3.8, 4) is 0 Å². The van der Waals surface area contributed by atoms with E-state index in [2.05, 4.69) is 20.0 Å². The minimum absolute atomic E-state index is 0.0938. The molecule has 1 aliphatic heterocycles. The van der Waals surface area contributed by atoms with Crippen LogP contribution < -0.4 is 4.90 Å². The van der Waals surface area contributed by atoms with Gasteiger partial charge in [0.2, 0.25) is 0 Å². The number of aromatic nitrogens is 4. The van der Waals surface area contributed by atoms with Gasteiger partial charge < -0.3 is 14.2 Å². The van der Waals surface area contributed by atoms with Crippen molar-refractivity contribution in [1.82, 2.24) is 24.6 Å². The summed E-state index contributed by atoms with van der Waals surface area (Å²) in [5.41, 5.74) is 2.29. The average Bonchev–Trinajstić information content (AvgIpc) is 3.28. The van der Waals surface area contributed by atoms with Gasteiger partial charge in [0.15, 0.2) is 11.4 Å². The van der Waals surface area contributed by atoms with Gasteiger partial charge >= 0.3 is 0 Å². The number of hydrogen-bond donors (Lipinski definition) is 0. The second-order valence-corrected chi connectivity index (χ2v) is 7.62. The molecule has 1 amide bonds. The summed E-state index contributed by atoms with van der Waals surface area (Å²) in [6, 6.07) is 5.40. The number of amides is 1. The van der Waals surface area contributed by atoms with Gasteiger partial charge in [0.05, 0.1) is 11.6 Å². The average molecular weight is 411 g/mol. The van der Waals surface area contributed by atoms with Gasteiger partial charge in [-0.25, -0.2) is 9.97 Å².